The number of terminal acetylenes is 1. The Labute approximate surface area is 237 Å². The molecule has 0 saturated carbocycles. The Balaban J connectivity index is 1.76. The van der Waals surface area contributed by atoms with Gasteiger partial charge in [-0.05, 0) is 43.5 Å². The van der Waals surface area contributed by atoms with Gasteiger partial charge in [0.25, 0.3) is 5.56 Å². The number of ether oxygens (including phenoxy) is 1. The predicted molar refractivity (Wildman–Crippen MR) is 150 cm³/mol. The van der Waals surface area contributed by atoms with Crippen molar-refractivity contribution < 1.29 is 28.3 Å². The van der Waals surface area contributed by atoms with Crippen LogP contribution in [-0.4, -0.2) is 44.8 Å². The maximum absolute atomic E-state index is 13.9. The third-order valence-electron chi connectivity index (χ3n) is 6.88. The molecule has 0 amide bonds. The molecule has 1 saturated heterocycles. The molecule has 1 aliphatic heterocycles. The number of H-pyrrole nitrogens is 1. The lowest BCUT2D eigenvalue weighted by molar-refractivity contribution is -0.120. The van der Waals surface area contributed by atoms with Crippen LogP contribution in [0.3, 0.4) is 0 Å². The Morgan fingerprint density at radius 1 is 1.32 bits per heavy atom. The molecule has 1 aromatic heterocycles. The molecule has 1 fully saturated rings. The van der Waals surface area contributed by atoms with Gasteiger partial charge in [-0.2, -0.15) is 0 Å². The summed E-state index contributed by atoms with van der Waals surface area (Å²) in [5, 5.41) is 14.1. The van der Waals surface area contributed by atoms with Gasteiger partial charge in [0.15, 0.2) is 11.8 Å². The SMILES string of the molecule is C#C[C@@]1(O)C[C@@H](COP(=O)(N[C@@H](C)C(=O)CCC(CC)CC)Oc2ccc(Cl)cc2)O[C@H]1n1ccc(=O)[nH]c1=O. The van der Waals surface area contributed by atoms with Crippen LogP contribution in [-0.2, 0) is 18.6 Å². The third kappa shape index (κ3) is 8.16. The molecule has 0 spiro atoms. The lowest BCUT2D eigenvalue weighted by Crippen LogP contribution is -2.41. The first-order valence-electron chi connectivity index (χ1n) is 13.1. The smallest absolute Gasteiger partial charge is 0.413 e. The van der Waals surface area contributed by atoms with Crippen LogP contribution >= 0.6 is 19.3 Å². The zero-order valence-electron chi connectivity index (χ0n) is 22.7. The van der Waals surface area contributed by atoms with E-state index in [0.29, 0.717) is 23.8 Å². The average Bonchev–Trinajstić information content (AvgIpc) is 3.26. The second kappa shape index (κ2) is 13.8. The number of nitrogens with zero attached hydrogens (tertiary/aromatic N) is 1. The monoisotopic (exact) mass is 595 g/mol. The number of carbonyl (C=O) groups is 1. The number of aromatic amines is 1. The molecule has 13 heteroatoms. The van der Waals surface area contributed by atoms with Gasteiger partial charge in [-0.3, -0.25) is 23.7 Å². The van der Waals surface area contributed by atoms with Crippen molar-refractivity contribution in [2.24, 2.45) is 5.92 Å². The van der Waals surface area contributed by atoms with Crippen molar-refractivity contribution in [3.63, 3.8) is 0 Å². The quantitative estimate of drug-likeness (QED) is 0.219. The summed E-state index contributed by atoms with van der Waals surface area (Å²) in [5.41, 5.74) is -3.38. The number of carbonyl (C=O) groups excluding carboxylic acids is 1. The summed E-state index contributed by atoms with van der Waals surface area (Å²) in [7, 11) is -4.18. The number of aromatic nitrogens is 2. The molecular weight excluding hydrogens is 561 g/mol. The maximum Gasteiger partial charge on any atom is 0.459 e. The highest BCUT2D eigenvalue weighted by Gasteiger charge is 2.49. The molecule has 11 nitrogen and oxygen atoms in total. The van der Waals surface area contributed by atoms with Crippen LogP contribution in [0.5, 0.6) is 5.75 Å². The van der Waals surface area contributed by atoms with Crippen molar-refractivity contribution in [3.05, 3.63) is 62.4 Å². The van der Waals surface area contributed by atoms with E-state index < -0.39 is 43.0 Å². The predicted octanol–water partition coefficient (Wildman–Crippen LogP) is 3.81. The van der Waals surface area contributed by atoms with Crippen LogP contribution in [0.1, 0.15) is 59.1 Å². The summed E-state index contributed by atoms with van der Waals surface area (Å²) in [6, 6.07) is 6.33. The number of Topliss-reactive ketones (excluding diaryl/α,β-unsaturated/α-hetero) is 1. The Bertz CT molecular complexity index is 1370. The second-order valence-electron chi connectivity index (χ2n) is 9.78. The number of benzene rings is 1. The molecule has 2 aromatic rings. The first-order chi connectivity index (χ1) is 18.9. The zero-order chi connectivity index (χ0) is 29.5. The van der Waals surface area contributed by atoms with Crippen molar-refractivity contribution in [2.45, 2.75) is 76.9 Å². The summed E-state index contributed by atoms with van der Waals surface area (Å²) in [6.45, 7) is 5.36. The Morgan fingerprint density at radius 2 is 2.00 bits per heavy atom. The molecule has 3 N–H and O–H groups in total. The second-order valence-corrected chi connectivity index (χ2v) is 11.9. The van der Waals surface area contributed by atoms with E-state index in [1.54, 1.807) is 19.1 Å². The van der Waals surface area contributed by atoms with E-state index >= 15 is 0 Å². The summed E-state index contributed by atoms with van der Waals surface area (Å²) in [4.78, 5) is 38.7. The average molecular weight is 596 g/mol. The van der Waals surface area contributed by atoms with Gasteiger partial charge >= 0.3 is 13.4 Å². The van der Waals surface area contributed by atoms with Crippen LogP contribution in [0, 0.1) is 18.3 Å². The topological polar surface area (TPSA) is 149 Å². The Hall–Kier alpha value is -2.71. The molecular formula is C27H35ClN3O8P. The molecule has 2 heterocycles. The first kappa shape index (κ1) is 31.8. The van der Waals surface area contributed by atoms with Crippen molar-refractivity contribution in [2.75, 3.05) is 6.61 Å². The standard InChI is InChI=1S/C27H35ClN3O8P/c1-5-19(6-2)8-13-23(32)18(4)30-40(36,39-21-11-9-20(28)10-12-21)37-17-22-16-27(35,7-3)25(38-22)31-15-14-24(33)29-26(31)34/h3,9-12,14-15,18-19,22,25,35H,5-6,8,13,16-17H2,1-2,4H3,(H,30,36)(H,29,33,34)/t18-,22-,25+,27+,40?/m0/s1. The van der Waals surface area contributed by atoms with Gasteiger partial charge in [-0.25, -0.2) is 14.4 Å². The molecule has 1 unspecified atom stereocenters. The first-order valence-corrected chi connectivity index (χ1v) is 15.0. The van der Waals surface area contributed by atoms with Gasteiger partial charge < -0.3 is 14.4 Å². The van der Waals surface area contributed by atoms with Gasteiger partial charge in [-0.1, -0.05) is 44.2 Å². The molecule has 1 aliphatic rings. The van der Waals surface area contributed by atoms with Crippen LogP contribution in [0.15, 0.2) is 46.1 Å². The number of nitrogens with one attached hydrogen (secondary N) is 2. The minimum absolute atomic E-state index is 0.147. The molecule has 0 bridgehead atoms. The molecule has 0 aliphatic carbocycles. The van der Waals surface area contributed by atoms with Crippen molar-refractivity contribution in [1.29, 1.82) is 0 Å². The molecule has 1 aromatic carbocycles. The maximum atomic E-state index is 13.9. The van der Waals surface area contributed by atoms with E-state index in [-0.39, 0.29) is 24.6 Å². The van der Waals surface area contributed by atoms with E-state index in [2.05, 4.69) is 29.8 Å². The Kier molecular flexibility index (Phi) is 11.0. The van der Waals surface area contributed by atoms with Crippen molar-refractivity contribution >= 4 is 25.1 Å². The van der Waals surface area contributed by atoms with E-state index in [1.165, 1.54) is 12.1 Å². The number of halogens is 1. The lowest BCUT2D eigenvalue weighted by atomic mass is 9.95. The highest BCUT2D eigenvalue weighted by Crippen LogP contribution is 2.47. The highest BCUT2D eigenvalue weighted by atomic mass is 35.5. The van der Waals surface area contributed by atoms with Gasteiger partial charge in [0.05, 0.1) is 18.8 Å². The van der Waals surface area contributed by atoms with Crippen LogP contribution in [0.2, 0.25) is 5.02 Å². The fraction of sp³-hybridized carbons (Fsp3) is 0.519. The van der Waals surface area contributed by atoms with Crippen molar-refractivity contribution in [3.8, 4) is 18.1 Å². The van der Waals surface area contributed by atoms with Crippen LogP contribution in [0.4, 0.5) is 0 Å². The van der Waals surface area contributed by atoms with E-state index in [0.717, 1.165) is 29.7 Å². The van der Waals surface area contributed by atoms with Crippen molar-refractivity contribution in [1.82, 2.24) is 14.6 Å². The van der Waals surface area contributed by atoms with Gasteiger partial charge in [0, 0.05) is 30.1 Å². The van der Waals surface area contributed by atoms with E-state index in [4.69, 9.17) is 31.8 Å². The van der Waals surface area contributed by atoms with Gasteiger partial charge in [0.2, 0.25) is 0 Å². The molecule has 0 radical (unpaired) electrons. The molecule has 218 valence electrons. The number of ketones is 1. The fourth-order valence-corrected chi connectivity index (χ4v) is 6.09. The minimum atomic E-state index is -4.18. The number of hydrogen-bond acceptors (Lipinski definition) is 8. The summed E-state index contributed by atoms with van der Waals surface area (Å²) in [5.74, 6) is 2.69. The number of hydrogen-bond donors (Lipinski definition) is 3. The number of aliphatic hydroxyl groups is 1. The number of rotatable bonds is 14. The molecule has 40 heavy (non-hydrogen) atoms. The molecule has 5 atom stereocenters. The Morgan fingerprint density at radius 3 is 2.60 bits per heavy atom. The molecule has 3 rings (SSSR count). The largest absolute Gasteiger partial charge is 0.459 e. The fourth-order valence-electron chi connectivity index (χ4n) is 4.40. The van der Waals surface area contributed by atoms with E-state index in [9.17, 15) is 24.1 Å². The van der Waals surface area contributed by atoms with Crippen LogP contribution < -0.4 is 20.9 Å². The summed E-state index contributed by atoms with van der Waals surface area (Å²) in [6.07, 6.45) is 7.21. The summed E-state index contributed by atoms with van der Waals surface area (Å²) >= 11 is 5.95. The van der Waals surface area contributed by atoms with E-state index in [1.807, 2.05) is 0 Å². The third-order valence-corrected chi connectivity index (χ3v) is 8.78. The zero-order valence-corrected chi connectivity index (χ0v) is 24.3. The van der Waals surface area contributed by atoms with Crippen LogP contribution in [0.25, 0.3) is 0 Å². The highest BCUT2D eigenvalue weighted by molar-refractivity contribution is 7.52. The minimum Gasteiger partial charge on any atom is -0.413 e. The normalized spacial score (nSPS) is 22.9. The lowest BCUT2D eigenvalue weighted by Gasteiger charge is -2.24. The van der Waals surface area contributed by atoms with Gasteiger partial charge in [0.1, 0.15) is 11.5 Å². The summed E-state index contributed by atoms with van der Waals surface area (Å²) < 4.78 is 32.0. The van der Waals surface area contributed by atoms with Gasteiger partial charge in [-0.15, -0.1) is 6.42 Å².